The minimum absolute atomic E-state index is 1.16. The van der Waals surface area contributed by atoms with Crippen LogP contribution in [0.2, 0.25) is 0 Å². The first-order valence-electron chi connectivity index (χ1n) is 5.76. The lowest BCUT2D eigenvalue weighted by Gasteiger charge is -2.46. The van der Waals surface area contributed by atoms with Crippen LogP contribution in [0.15, 0.2) is 30.3 Å². The Kier molecular flexibility index (Phi) is 4.70. The van der Waals surface area contributed by atoms with Crippen molar-refractivity contribution >= 4 is 14.4 Å². The Balaban J connectivity index is 3.07. The first-order chi connectivity index (χ1) is 7.91. The maximum atomic E-state index is 3.71. The van der Waals surface area contributed by atoms with Crippen molar-refractivity contribution in [2.45, 2.75) is 0 Å². The van der Waals surface area contributed by atoms with E-state index in [0.717, 1.165) is 5.69 Å². The predicted octanol–water partition coefficient (Wildman–Crippen LogP) is 1.22. The van der Waals surface area contributed by atoms with E-state index in [1.54, 1.807) is 0 Å². The molecule has 0 heterocycles. The minimum atomic E-state index is -2.02. The van der Waals surface area contributed by atoms with E-state index in [-0.39, 0.29) is 0 Å². The number of nitrogens with one attached hydrogen (secondary N) is 1. The van der Waals surface area contributed by atoms with Crippen molar-refractivity contribution in [3.63, 3.8) is 0 Å². The third-order valence-corrected chi connectivity index (χ3v) is 7.32. The van der Waals surface area contributed by atoms with E-state index in [2.05, 4.69) is 85.2 Å². The zero-order valence-corrected chi connectivity index (χ0v) is 12.7. The van der Waals surface area contributed by atoms with Crippen LogP contribution in [0, 0.1) is 0 Å². The minimum Gasteiger partial charge on any atom is -0.374 e. The molecule has 0 atom stereocenters. The van der Waals surface area contributed by atoms with E-state index in [1.807, 2.05) is 6.07 Å². The topological polar surface area (TPSA) is 21.8 Å². The van der Waals surface area contributed by atoms with Gasteiger partial charge < -0.3 is 4.98 Å². The Hall–Kier alpha value is -0.883. The fourth-order valence-corrected chi connectivity index (χ4v) is 5.88. The summed E-state index contributed by atoms with van der Waals surface area (Å²) in [6, 6.07) is 10.4. The van der Waals surface area contributed by atoms with E-state index in [1.165, 1.54) is 0 Å². The molecule has 0 bridgehead atoms. The highest BCUT2D eigenvalue weighted by atomic mass is 28.4. The second kappa shape index (κ2) is 5.64. The Morgan fingerprint density at radius 1 is 0.765 bits per heavy atom. The first kappa shape index (κ1) is 14.2. The van der Waals surface area contributed by atoms with Gasteiger partial charge in [-0.15, -0.1) is 0 Å². The molecule has 17 heavy (non-hydrogen) atoms. The second-order valence-electron chi connectivity index (χ2n) is 4.81. The molecule has 1 aromatic carbocycles. The normalized spacial score (nSPS) is 12.5. The van der Waals surface area contributed by atoms with Gasteiger partial charge in [-0.05, 0) is 54.4 Å². The average molecular weight is 252 g/mol. The molecule has 1 aromatic rings. The van der Waals surface area contributed by atoms with Gasteiger partial charge in [0.15, 0.2) is 0 Å². The molecule has 4 nitrogen and oxygen atoms in total. The van der Waals surface area contributed by atoms with Gasteiger partial charge in [-0.1, -0.05) is 18.2 Å². The van der Waals surface area contributed by atoms with Crippen LogP contribution in [0.5, 0.6) is 0 Å². The third kappa shape index (κ3) is 2.87. The lowest BCUT2D eigenvalue weighted by atomic mass is 10.3. The van der Waals surface area contributed by atoms with Crippen molar-refractivity contribution in [3.05, 3.63) is 30.3 Å². The summed E-state index contributed by atoms with van der Waals surface area (Å²) < 4.78 is 6.88. The highest BCUT2D eigenvalue weighted by Crippen LogP contribution is 2.17. The van der Waals surface area contributed by atoms with Crippen LogP contribution in [0.25, 0.3) is 0 Å². The summed E-state index contributed by atoms with van der Waals surface area (Å²) in [6.45, 7) is 0. The Morgan fingerprint density at radius 2 is 1.18 bits per heavy atom. The standard InChI is InChI=1S/C12H24N4Si/c1-14(2)17(15(3)4,16(5)6)13-12-10-8-7-9-11-12/h7-11,13H,1-6H3. The summed E-state index contributed by atoms with van der Waals surface area (Å²) in [7, 11) is 10.7. The highest BCUT2D eigenvalue weighted by molar-refractivity contribution is 6.74. The van der Waals surface area contributed by atoms with Crippen LogP contribution in [0.3, 0.4) is 0 Å². The molecule has 1 N–H and O–H groups in total. The molecular formula is C12H24N4Si. The van der Waals surface area contributed by atoms with Gasteiger partial charge in [-0.3, -0.25) is 13.7 Å². The fraction of sp³-hybridized carbons (Fsp3) is 0.500. The maximum Gasteiger partial charge on any atom is 0.404 e. The third-order valence-electron chi connectivity index (χ3n) is 2.96. The van der Waals surface area contributed by atoms with Crippen LogP contribution in [0.1, 0.15) is 0 Å². The largest absolute Gasteiger partial charge is 0.404 e. The van der Waals surface area contributed by atoms with Crippen molar-refractivity contribution in [1.82, 2.24) is 13.7 Å². The van der Waals surface area contributed by atoms with Crippen LogP contribution in [0.4, 0.5) is 5.69 Å². The molecule has 0 amide bonds. The second-order valence-corrected chi connectivity index (χ2v) is 9.01. The van der Waals surface area contributed by atoms with Gasteiger partial charge in [0.05, 0.1) is 0 Å². The van der Waals surface area contributed by atoms with Crippen molar-refractivity contribution in [2.24, 2.45) is 0 Å². The summed E-state index contributed by atoms with van der Waals surface area (Å²) >= 11 is 0. The molecule has 0 aliphatic carbocycles. The summed E-state index contributed by atoms with van der Waals surface area (Å²) in [4.78, 5) is 3.71. The molecule has 0 aliphatic heterocycles. The number of anilines is 1. The van der Waals surface area contributed by atoms with Crippen molar-refractivity contribution in [1.29, 1.82) is 0 Å². The Morgan fingerprint density at radius 3 is 1.53 bits per heavy atom. The monoisotopic (exact) mass is 252 g/mol. The Labute approximate surface area is 106 Å². The zero-order valence-electron chi connectivity index (χ0n) is 11.7. The molecule has 0 unspecified atom stereocenters. The quantitative estimate of drug-likeness (QED) is 0.795. The molecular weight excluding hydrogens is 228 g/mol. The lowest BCUT2D eigenvalue weighted by molar-refractivity contribution is 0.387. The number of nitrogens with zero attached hydrogens (tertiary/aromatic N) is 3. The number of para-hydroxylation sites is 1. The summed E-state index contributed by atoms with van der Waals surface area (Å²) in [5, 5.41) is 0. The number of benzene rings is 1. The van der Waals surface area contributed by atoms with E-state index < -0.39 is 8.72 Å². The van der Waals surface area contributed by atoms with E-state index in [9.17, 15) is 0 Å². The number of hydrogen-bond donors (Lipinski definition) is 1. The summed E-state index contributed by atoms with van der Waals surface area (Å²) in [5.74, 6) is 0. The molecule has 0 saturated heterocycles. The first-order valence-corrected chi connectivity index (χ1v) is 7.61. The molecule has 0 aromatic heterocycles. The number of hydrogen-bond acceptors (Lipinski definition) is 4. The van der Waals surface area contributed by atoms with Crippen LogP contribution in [-0.2, 0) is 0 Å². The fourth-order valence-electron chi connectivity index (χ4n) is 2.25. The molecule has 0 aliphatic rings. The van der Waals surface area contributed by atoms with Crippen LogP contribution < -0.4 is 4.98 Å². The SMILES string of the molecule is CN(C)[Si](Nc1ccccc1)(N(C)C)N(C)C. The number of rotatable bonds is 5. The maximum absolute atomic E-state index is 3.71. The van der Waals surface area contributed by atoms with Gasteiger partial charge in [0, 0.05) is 5.69 Å². The summed E-state index contributed by atoms with van der Waals surface area (Å²) in [5.41, 5.74) is 1.16. The molecule has 0 saturated carbocycles. The van der Waals surface area contributed by atoms with E-state index in [4.69, 9.17) is 0 Å². The van der Waals surface area contributed by atoms with Crippen molar-refractivity contribution in [3.8, 4) is 0 Å². The highest BCUT2D eigenvalue weighted by Gasteiger charge is 2.44. The average Bonchev–Trinajstić information content (AvgIpc) is 2.25. The molecule has 5 heteroatoms. The van der Waals surface area contributed by atoms with E-state index >= 15 is 0 Å². The molecule has 1 rings (SSSR count). The van der Waals surface area contributed by atoms with Gasteiger partial charge in [-0.25, -0.2) is 0 Å². The lowest BCUT2D eigenvalue weighted by Crippen LogP contribution is -2.75. The zero-order chi connectivity index (χ0) is 13.1. The Bertz CT molecular complexity index is 316. The van der Waals surface area contributed by atoms with Gasteiger partial charge in [0.1, 0.15) is 0 Å². The summed E-state index contributed by atoms with van der Waals surface area (Å²) in [6.07, 6.45) is 0. The molecule has 0 radical (unpaired) electrons. The van der Waals surface area contributed by atoms with Crippen molar-refractivity contribution < 1.29 is 0 Å². The van der Waals surface area contributed by atoms with Gasteiger partial charge in [-0.2, -0.15) is 0 Å². The van der Waals surface area contributed by atoms with Crippen LogP contribution >= 0.6 is 0 Å². The predicted molar refractivity (Wildman–Crippen MR) is 76.9 cm³/mol. The molecule has 0 spiro atoms. The smallest absolute Gasteiger partial charge is 0.374 e. The van der Waals surface area contributed by atoms with Crippen LogP contribution in [-0.4, -0.2) is 64.7 Å². The van der Waals surface area contributed by atoms with Gasteiger partial charge in [0.25, 0.3) is 0 Å². The van der Waals surface area contributed by atoms with Gasteiger partial charge >= 0.3 is 8.72 Å². The molecule has 0 fully saturated rings. The van der Waals surface area contributed by atoms with Crippen molar-refractivity contribution in [2.75, 3.05) is 47.3 Å². The van der Waals surface area contributed by atoms with E-state index in [0.29, 0.717) is 0 Å². The molecule has 96 valence electrons. The van der Waals surface area contributed by atoms with Gasteiger partial charge in [0.2, 0.25) is 0 Å².